The van der Waals surface area contributed by atoms with Gasteiger partial charge in [0.15, 0.2) is 5.13 Å². The van der Waals surface area contributed by atoms with Crippen LogP contribution in [-0.2, 0) is 17.6 Å². The lowest BCUT2D eigenvalue weighted by atomic mass is 10.1. The van der Waals surface area contributed by atoms with Gasteiger partial charge < -0.3 is 10.6 Å². The van der Waals surface area contributed by atoms with Crippen LogP contribution in [0.3, 0.4) is 0 Å². The van der Waals surface area contributed by atoms with E-state index in [0.717, 1.165) is 16.0 Å². The summed E-state index contributed by atoms with van der Waals surface area (Å²) in [4.78, 5) is 31.3. The fourth-order valence-electron chi connectivity index (χ4n) is 3.18. The van der Waals surface area contributed by atoms with Crippen molar-refractivity contribution < 1.29 is 14.0 Å². The zero-order chi connectivity index (χ0) is 22.3. The van der Waals surface area contributed by atoms with E-state index in [9.17, 15) is 14.0 Å². The van der Waals surface area contributed by atoms with Crippen LogP contribution in [0.15, 0.2) is 78.3 Å². The summed E-state index contributed by atoms with van der Waals surface area (Å²) >= 11 is 2.65. The van der Waals surface area contributed by atoms with Crippen molar-refractivity contribution in [2.75, 3.05) is 5.32 Å². The largest absolute Gasteiger partial charge is 0.339 e. The van der Waals surface area contributed by atoms with E-state index in [1.165, 1.54) is 34.8 Å². The molecule has 4 aromatic rings. The molecule has 0 aliphatic carbocycles. The van der Waals surface area contributed by atoms with E-state index < -0.39 is 6.04 Å². The van der Waals surface area contributed by atoms with Crippen LogP contribution in [0, 0.1) is 5.82 Å². The number of nitrogens with one attached hydrogen (secondary N) is 2. The van der Waals surface area contributed by atoms with E-state index in [2.05, 4.69) is 15.6 Å². The highest BCUT2D eigenvalue weighted by molar-refractivity contribution is 7.15. The molecule has 0 radical (unpaired) electrons. The van der Waals surface area contributed by atoms with Crippen molar-refractivity contribution in [2.45, 2.75) is 18.9 Å². The molecule has 0 aliphatic rings. The van der Waals surface area contributed by atoms with Crippen LogP contribution in [0.2, 0.25) is 0 Å². The summed E-state index contributed by atoms with van der Waals surface area (Å²) < 4.78 is 13.4. The van der Waals surface area contributed by atoms with Crippen molar-refractivity contribution in [1.82, 2.24) is 10.3 Å². The van der Waals surface area contributed by atoms with Gasteiger partial charge in [-0.1, -0.05) is 48.5 Å². The van der Waals surface area contributed by atoms with Gasteiger partial charge in [0.2, 0.25) is 5.91 Å². The Morgan fingerprint density at radius 2 is 1.81 bits per heavy atom. The lowest BCUT2D eigenvalue weighted by Crippen LogP contribution is -2.45. The van der Waals surface area contributed by atoms with Crippen LogP contribution in [0.4, 0.5) is 9.52 Å². The lowest BCUT2D eigenvalue weighted by Gasteiger charge is -2.17. The first-order valence-corrected chi connectivity index (χ1v) is 11.6. The monoisotopic (exact) mass is 465 g/mol. The molecule has 2 aromatic heterocycles. The molecule has 0 fully saturated rings. The van der Waals surface area contributed by atoms with Gasteiger partial charge >= 0.3 is 0 Å². The number of aromatic nitrogens is 1. The van der Waals surface area contributed by atoms with Gasteiger partial charge in [-0.25, -0.2) is 9.37 Å². The summed E-state index contributed by atoms with van der Waals surface area (Å²) in [6, 6.07) is 18.7. The molecule has 2 aromatic carbocycles. The molecule has 1 atom stereocenters. The third-order valence-electron chi connectivity index (χ3n) is 4.70. The van der Waals surface area contributed by atoms with Gasteiger partial charge in [0.05, 0.1) is 4.88 Å². The smallest absolute Gasteiger partial charge is 0.262 e. The Bertz CT molecular complexity index is 1190. The third-order valence-corrected chi connectivity index (χ3v) is 6.48. The molecule has 2 amide bonds. The highest BCUT2D eigenvalue weighted by Crippen LogP contribution is 2.22. The predicted molar refractivity (Wildman–Crippen MR) is 126 cm³/mol. The first-order valence-electron chi connectivity index (χ1n) is 9.95. The number of hydrogen-bond donors (Lipinski definition) is 2. The van der Waals surface area contributed by atoms with Crippen molar-refractivity contribution in [3.05, 3.63) is 105 Å². The maximum Gasteiger partial charge on any atom is 0.262 e. The molecule has 8 heteroatoms. The van der Waals surface area contributed by atoms with Gasteiger partial charge in [-0.2, -0.15) is 0 Å². The van der Waals surface area contributed by atoms with Gasteiger partial charge in [0, 0.05) is 23.9 Å². The quantitative estimate of drug-likeness (QED) is 0.388. The van der Waals surface area contributed by atoms with Gasteiger partial charge in [-0.3, -0.25) is 9.59 Å². The van der Waals surface area contributed by atoms with Crippen molar-refractivity contribution in [1.29, 1.82) is 0 Å². The molecule has 1 unspecified atom stereocenters. The van der Waals surface area contributed by atoms with Gasteiger partial charge in [-0.05, 0) is 34.7 Å². The van der Waals surface area contributed by atoms with Crippen LogP contribution < -0.4 is 10.6 Å². The minimum Gasteiger partial charge on any atom is -0.339 e. The molecule has 162 valence electrons. The molecule has 32 heavy (non-hydrogen) atoms. The van der Waals surface area contributed by atoms with Crippen molar-refractivity contribution in [3.8, 4) is 0 Å². The minimum atomic E-state index is -0.762. The van der Waals surface area contributed by atoms with E-state index in [1.807, 2.05) is 41.8 Å². The Hall–Kier alpha value is -3.36. The second-order valence-corrected chi connectivity index (χ2v) is 9.18. The topological polar surface area (TPSA) is 71.1 Å². The summed E-state index contributed by atoms with van der Waals surface area (Å²) in [5.41, 5.74) is 1.77. The molecule has 2 heterocycles. The van der Waals surface area contributed by atoms with Crippen LogP contribution in [0.1, 0.15) is 25.7 Å². The average Bonchev–Trinajstić information content (AvgIpc) is 3.46. The molecule has 0 bridgehead atoms. The lowest BCUT2D eigenvalue weighted by molar-refractivity contribution is -0.118. The fourth-order valence-corrected chi connectivity index (χ4v) is 4.66. The van der Waals surface area contributed by atoms with Crippen LogP contribution in [-0.4, -0.2) is 22.8 Å². The van der Waals surface area contributed by atoms with Crippen molar-refractivity contribution >= 4 is 39.6 Å². The molecule has 5 nitrogen and oxygen atoms in total. The number of benzene rings is 2. The zero-order valence-corrected chi connectivity index (χ0v) is 18.6. The Morgan fingerprint density at radius 1 is 1.00 bits per heavy atom. The molecular formula is C24H20FN3O2S2. The van der Waals surface area contributed by atoms with Crippen LogP contribution in [0.5, 0.6) is 0 Å². The Kier molecular flexibility index (Phi) is 7.03. The zero-order valence-electron chi connectivity index (χ0n) is 17.0. The van der Waals surface area contributed by atoms with Crippen LogP contribution >= 0.6 is 22.7 Å². The van der Waals surface area contributed by atoms with E-state index in [1.54, 1.807) is 24.4 Å². The molecule has 0 spiro atoms. The third kappa shape index (κ3) is 5.87. The molecule has 2 N–H and O–H groups in total. The normalized spacial score (nSPS) is 11.7. The highest BCUT2D eigenvalue weighted by Gasteiger charge is 2.23. The molecule has 0 saturated carbocycles. The summed E-state index contributed by atoms with van der Waals surface area (Å²) in [6.45, 7) is 0. The maximum absolute atomic E-state index is 13.4. The number of thiophene rings is 1. The second-order valence-electron chi connectivity index (χ2n) is 7.12. The number of carbonyl (C=O) groups is 2. The Labute approximate surface area is 193 Å². The van der Waals surface area contributed by atoms with E-state index >= 15 is 0 Å². The number of carbonyl (C=O) groups excluding carboxylic acids is 2. The van der Waals surface area contributed by atoms with Gasteiger partial charge in [0.25, 0.3) is 5.91 Å². The highest BCUT2D eigenvalue weighted by atomic mass is 32.1. The van der Waals surface area contributed by atoms with E-state index in [4.69, 9.17) is 0 Å². The number of rotatable bonds is 8. The summed E-state index contributed by atoms with van der Waals surface area (Å²) in [5, 5.41) is 7.90. The molecule has 0 saturated heterocycles. The Balaban J connectivity index is 1.45. The summed E-state index contributed by atoms with van der Waals surface area (Å²) in [5.74, 6) is -0.918. The first-order chi connectivity index (χ1) is 15.6. The first kappa shape index (κ1) is 21.9. The summed E-state index contributed by atoms with van der Waals surface area (Å²) in [7, 11) is 0. The SMILES string of the molecule is O=C(NC(Cc1ccccc1)C(=O)Nc1ncc(Cc2cccc(F)c2)s1)c1cccs1. The Morgan fingerprint density at radius 3 is 2.56 bits per heavy atom. The van der Waals surface area contributed by atoms with E-state index in [-0.39, 0.29) is 17.6 Å². The number of thiazole rings is 1. The van der Waals surface area contributed by atoms with Gasteiger partial charge in [0.1, 0.15) is 11.9 Å². The maximum atomic E-state index is 13.4. The van der Waals surface area contributed by atoms with E-state index in [0.29, 0.717) is 22.9 Å². The number of anilines is 1. The standard InChI is InChI=1S/C24H20FN3O2S2/c25-18-9-4-8-17(12-18)13-19-15-26-24(32-19)28-22(29)20(14-16-6-2-1-3-7-16)27-23(30)21-10-5-11-31-21/h1-12,15,20H,13-14H2,(H,27,30)(H,26,28,29). The number of nitrogens with zero attached hydrogens (tertiary/aromatic N) is 1. The molecule has 4 rings (SSSR count). The minimum absolute atomic E-state index is 0.286. The number of amides is 2. The van der Waals surface area contributed by atoms with Crippen molar-refractivity contribution in [2.24, 2.45) is 0 Å². The molecular weight excluding hydrogens is 445 g/mol. The van der Waals surface area contributed by atoms with Gasteiger partial charge in [-0.15, -0.1) is 22.7 Å². The summed E-state index contributed by atoms with van der Waals surface area (Å²) in [6.07, 6.45) is 2.54. The van der Waals surface area contributed by atoms with Crippen molar-refractivity contribution in [3.63, 3.8) is 0 Å². The number of hydrogen-bond acceptors (Lipinski definition) is 5. The molecule has 0 aliphatic heterocycles. The fraction of sp³-hybridized carbons (Fsp3) is 0.125. The second kappa shape index (κ2) is 10.3. The average molecular weight is 466 g/mol. The number of halogens is 1. The predicted octanol–water partition coefficient (Wildman–Crippen LogP) is 4.91. The van der Waals surface area contributed by atoms with Crippen LogP contribution in [0.25, 0.3) is 0 Å².